The van der Waals surface area contributed by atoms with Crippen LogP contribution in [0.5, 0.6) is 0 Å². The van der Waals surface area contributed by atoms with Gasteiger partial charge in [-0.15, -0.1) is 0 Å². The van der Waals surface area contributed by atoms with Gasteiger partial charge in [0, 0.05) is 23.9 Å². The molecule has 0 spiro atoms. The zero-order chi connectivity index (χ0) is 24.0. The Balaban J connectivity index is 1.51. The van der Waals surface area contributed by atoms with Crippen molar-refractivity contribution in [2.75, 3.05) is 6.61 Å². The minimum atomic E-state index is -0.969. The largest absolute Gasteiger partial charge is 0.481 e. The van der Waals surface area contributed by atoms with Gasteiger partial charge in [0.05, 0.1) is 6.42 Å². The molecule has 0 aliphatic heterocycles. The fraction of sp³-hybridized carbons (Fsp3) is 0.423. The minimum absolute atomic E-state index is 0.00882. The summed E-state index contributed by atoms with van der Waals surface area (Å²) < 4.78 is 5.59. The minimum Gasteiger partial charge on any atom is -0.481 e. The molecular formula is C26H32N2O5. The number of benzene rings is 2. The number of aliphatic carboxylic acids is 1. The van der Waals surface area contributed by atoms with Gasteiger partial charge >= 0.3 is 12.1 Å². The zero-order valence-electron chi connectivity index (χ0n) is 19.4. The first-order chi connectivity index (χ1) is 15.7. The van der Waals surface area contributed by atoms with Crippen LogP contribution in [0.1, 0.15) is 63.5 Å². The van der Waals surface area contributed by atoms with Crippen molar-refractivity contribution in [2.45, 2.75) is 64.0 Å². The summed E-state index contributed by atoms with van der Waals surface area (Å²) in [5.74, 6) is -1.22. The van der Waals surface area contributed by atoms with E-state index in [1.165, 1.54) is 11.1 Å². The van der Waals surface area contributed by atoms with Gasteiger partial charge in [-0.25, -0.2) is 4.79 Å². The maximum Gasteiger partial charge on any atom is 0.407 e. The second-order valence-electron chi connectivity index (χ2n) is 9.12. The molecule has 7 heteroatoms. The number of carbonyl (C=O) groups is 3. The highest BCUT2D eigenvalue weighted by molar-refractivity contribution is 5.79. The number of amides is 2. The number of carboxylic acids is 1. The summed E-state index contributed by atoms with van der Waals surface area (Å²) in [7, 11) is 0. The Morgan fingerprint density at radius 3 is 2.15 bits per heavy atom. The summed E-state index contributed by atoms with van der Waals surface area (Å²) in [6.45, 7) is 5.51. The van der Waals surface area contributed by atoms with Gasteiger partial charge in [-0.05, 0) is 48.9 Å². The Hall–Kier alpha value is -3.35. The molecule has 33 heavy (non-hydrogen) atoms. The number of hydrogen-bond acceptors (Lipinski definition) is 4. The lowest BCUT2D eigenvalue weighted by atomic mass is 9.98. The Labute approximate surface area is 194 Å². The molecule has 3 N–H and O–H groups in total. The summed E-state index contributed by atoms with van der Waals surface area (Å²) in [5, 5.41) is 14.5. The predicted octanol–water partition coefficient (Wildman–Crippen LogP) is 4.45. The third-order valence-corrected chi connectivity index (χ3v) is 5.95. The highest BCUT2D eigenvalue weighted by atomic mass is 16.5. The first-order valence-corrected chi connectivity index (χ1v) is 11.3. The molecule has 0 aromatic heterocycles. The van der Waals surface area contributed by atoms with Gasteiger partial charge in [0.2, 0.25) is 5.91 Å². The van der Waals surface area contributed by atoms with Crippen LogP contribution >= 0.6 is 0 Å². The van der Waals surface area contributed by atoms with Crippen molar-refractivity contribution in [1.29, 1.82) is 0 Å². The van der Waals surface area contributed by atoms with E-state index in [4.69, 9.17) is 9.84 Å². The lowest BCUT2D eigenvalue weighted by molar-refractivity contribution is -0.138. The number of alkyl carbamates (subject to hydrolysis) is 1. The summed E-state index contributed by atoms with van der Waals surface area (Å²) in [6, 6.07) is 16.1. The maximum atomic E-state index is 12.5. The fourth-order valence-electron chi connectivity index (χ4n) is 4.35. The van der Waals surface area contributed by atoms with Gasteiger partial charge in [-0.1, -0.05) is 55.5 Å². The van der Waals surface area contributed by atoms with Gasteiger partial charge in [0.15, 0.2) is 0 Å². The summed E-state index contributed by atoms with van der Waals surface area (Å²) in [5.41, 5.74) is 3.82. The average molecular weight is 453 g/mol. The monoisotopic (exact) mass is 452 g/mol. The predicted molar refractivity (Wildman–Crippen MR) is 126 cm³/mol. The van der Waals surface area contributed by atoms with Crippen LogP contribution in [0, 0.1) is 0 Å². The number of ether oxygens (including phenoxy) is 1. The molecule has 0 saturated carbocycles. The molecule has 0 bridgehead atoms. The topological polar surface area (TPSA) is 105 Å². The van der Waals surface area contributed by atoms with Crippen molar-refractivity contribution in [3.05, 3.63) is 59.7 Å². The molecule has 0 heterocycles. The van der Waals surface area contributed by atoms with Crippen LogP contribution in [0.2, 0.25) is 0 Å². The van der Waals surface area contributed by atoms with Crippen molar-refractivity contribution >= 4 is 18.0 Å². The van der Waals surface area contributed by atoms with Crippen LogP contribution in [0.15, 0.2) is 48.5 Å². The van der Waals surface area contributed by atoms with E-state index in [0.717, 1.165) is 11.1 Å². The van der Waals surface area contributed by atoms with E-state index in [-0.39, 0.29) is 37.3 Å². The maximum absolute atomic E-state index is 12.5. The average Bonchev–Trinajstić information content (AvgIpc) is 3.07. The van der Waals surface area contributed by atoms with Crippen LogP contribution in [0.25, 0.3) is 11.1 Å². The highest BCUT2D eigenvalue weighted by Gasteiger charge is 2.29. The standard InChI is InChI=1S/C26H32N2O5/c1-4-17(13-14-23(29)28-26(2,3)15-24(30)31)27-25(32)33-16-22-20-11-7-5-9-18(20)19-10-6-8-12-21(19)22/h5-12,17,22H,4,13-16H2,1-3H3,(H,27,32)(H,28,29)(H,30,31). The van der Waals surface area contributed by atoms with Crippen LogP contribution in [0.3, 0.4) is 0 Å². The molecule has 2 amide bonds. The Morgan fingerprint density at radius 1 is 1.03 bits per heavy atom. The normalized spacial score (nSPS) is 13.5. The van der Waals surface area contributed by atoms with E-state index in [0.29, 0.717) is 12.8 Å². The first-order valence-electron chi connectivity index (χ1n) is 11.3. The third-order valence-electron chi connectivity index (χ3n) is 5.95. The van der Waals surface area contributed by atoms with Gasteiger partial charge in [-0.2, -0.15) is 0 Å². The molecule has 1 aliphatic carbocycles. The second-order valence-corrected chi connectivity index (χ2v) is 9.12. The molecule has 2 aromatic rings. The zero-order valence-corrected chi connectivity index (χ0v) is 19.4. The summed E-state index contributed by atoms with van der Waals surface area (Å²) in [6.07, 6.45) is 0.612. The number of carbonyl (C=O) groups excluding carboxylic acids is 2. The second kappa shape index (κ2) is 10.5. The smallest absolute Gasteiger partial charge is 0.407 e. The van der Waals surface area contributed by atoms with E-state index in [9.17, 15) is 14.4 Å². The summed E-state index contributed by atoms with van der Waals surface area (Å²) in [4.78, 5) is 35.6. The quantitative estimate of drug-likeness (QED) is 0.494. The van der Waals surface area contributed by atoms with Crippen molar-refractivity contribution in [3.8, 4) is 11.1 Å². The Morgan fingerprint density at radius 2 is 1.61 bits per heavy atom. The van der Waals surface area contributed by atoms with E-state index < -0.39 is 17.6 Å². The van der Waals surface area contributed by atoms with Crippen LogP contribution in [0.4, 0.5) is 4.79 Å². The molecule has 1 unspecified atom stereocenters. The fourth-order valence-corrected chi connectivity index (χ4v) is 4.35. The van der Waals surface area contributed by atoms with Gasteiger partial charge in [0.1, 0.15) is 6.61 Å². The number of nitrogens with one attached hydrogen (secondary N) is 2. The number of rotatable bonds is 10. The third kappa shape index (κ3) is 6.34. The molecule has 0 saturated heterocycles. The highest BCUT2D eigenvalue weighted by Crippen LogP contribution is 2.44. The van der Waals surface area contributed by atoms with E-state index in [1.807, 2.05) is 31.2 Å². The first kappa shape index (κ1) is 24.3. The van der Waals surface area contributed by atoms with Gasteiger partial charge in [0.25, 0.3) is 0 Å². The van der Waals surface area contributed by atoms with E-state index in [1.54, 1.807) is 13.8 Å². The lowest BCUT2D eigenvalue weighted by Crippen LogP contribution is -2.45. The molecule has 1 atom stereocenters. The molecule has 7 nitrogen and oxygen atoms in total. The van der Waals surface area contributed by atoms with Crippen LogP contribution in [-0.4, -0.2) is 41.3 Å². The number of hydrogen-bond donors (Lipinski definition) is 3. The number of fused-ring (bicyclic) bond motifs is 3. The molecule has 0 fully saturated rings. The van der Waals surface area contributed by atoms with Crippen molar-refractivity contribution < 1.29 is 24.2 Å². The molecule has 2 aromatic carbocycles. The van der Waals surface area contributed by atoms with Crippen LogP contribution in [-0.2, 0) is 14.3 Å². The summed E-state index contributed by atoms with van der Waals surface area (Å²) >= 11 is 0. The van der Waals surface area contributed by atoms with Crippen molar-refractivity contribution in [1.82, 2.24) is 10.6 Å². The van der Waals surface area contributed by atoms with E-state index >= 15 is 0 Å². The molecule has 0 radical (unpaired) electrons. The van der Waals surface area contributed by atoms with Crippen molar-refractivity contribution in [3.63, 3.8) is 0 Å². The van der Waals surface area contributed by atoms with Crippen LogP contribution < -0.4 is 10.6 Å². The van der Waals surface area contributed by atoms with E-state index in [2.05, 4.69) is 34.9 Å². The van der Waals surface area contributed by atoms with Crippen molar-refractivity contribution in [2.24, 2.45) is 0 Å². The SMILES string of the molecule is CCC(CCC(=O)NC(C)(C)CC(=O)O)NC(=O)OCC1c2ccccc2-c2ccccc21. The van der Waals surface area contributed by atoms with Gasteiger partial charge in [-0.3, -0.25) is 9.59 Å². The Kier molecular flexibility index (Phi) is 7.74. The molecule has 3 rings (SSSR count). The lowest BCUT2D eigenvalue weighted by Gasteiger charge is -2.25. The molecule has 176 valence electrons. The number of carboxylic acid groups (broad SMARTS) is 1. The van der Waals surface area contributed by atoms with Gasteiger partial charge < -0.3 is 20.5 Å². The molecular weight excluding hydrogens is 420 g/mol. The Bertz CT molecular complexity index is 972. The molecule has 1 aliphatic rings.